The highest BCUT2D eigenvalue weighted by Crippen LogP contribution is 2.26. The minimum Gasteiger partial charge on any atom is -0.507 e. The summed E-state index contributed by atoms with van der Waals surface area (Å²) in [5.74, 6) is 0.0164. The maximum Gasteiger partial charge on any atom is 0.256 e. The maximum atomic E-state index is 13.2. The van der Waals surface area contributed by atoms with E-state index in [1.165, 1.54) is 6.07 Å². The van der Waals surface area contributed by atoms with E-state index in [1.807, 2.05) is 0 Å². The lowest BCUT2D eigenvalue weighted by Crippen LogP contribution is -2.49. The minimum absolute atomic E-state index is 0.0998. The molecule has 3 rings (SSSR count). The molecule has 8 heteroatoms. The summed E-state index contributed by atoms with van der Waals surface area (Å²) in [5, 5.41) is 18.6. The Morgan fingerprint density at radius 1 is 1.40 bits per heavy atom. The van der Waals surface area contributed by atoms with Gasteiger partial charge in [-0.2, -0.15) is 5.26 Å². The number of phenolic OH excluding ortho intramolecular Hbond substituents is 1. The number of morpholine rings is 1. The summed E-state index contributed by atoms with van der Waals surface area (Å²) in [4.78, 5) is 30.4. The molecule has 0 saturated carbocycles. The van der Waals surface area contributed by atoms with Gasteiger partial charge in [-0.15, -0.1) is 0 Å². The van der Waals surface area contributed by atoms with E-state index in [9.17, 15) is 14.7 Å². The molecule has 1 aromatic carbocycles. The molecule has 1 aliphatic rings. The first kappa shape index (κ1) is 21.3. The van der Waals surface area contributed by atoms with Crippen molar-refractivity contribution in [3.8, 4) is 17.6 Å². The van der Waals surface area contributed by atoms with Crippen LogP contribution in [0.15, 0.2) is 36.5 Å². The number of ether oxygens (including phenoxy) is 2. The Morgan fingerprint density at radius 3 is 3.07 bits per heavy atom. The number of amides is 1. The Labute approximate surface area is 174 Å². The molecule has 30 heavy (non-hydrogen) atoms. The molecule has 1 N–H and O–H groups in total. The van der Waals surface area contributed by atoms with Crippen molar-refractivity contribution in [3.05, 3.63) is 53.3 Å². The van der Waals surface area contributed by atoms with Gasteiger partial charge in [-0.05, 0) is 24.3 Å². The molecule has 0 radical (unpaired) electrons. The van der Waals surface area contributed by atoms with Crippen molar-refractivity contribution < 1.29 is 24.2 Å². The predicted octanol–water partition coefficient (Wildman–Crippen LogP) is 2.37. The summed E-state index contributed by atoms with van der Waals surface area (Å²) in [6, 6.07) is 9.96. The van der Waals surface area contributed by atoms with Gasteiger partial charge in [0.1, 0.15) is 11.5 Å². The van der Waals surface area contributed by atoms with Crippen LogP contribution in [0, 0.1) is 11.3 Å². The molecule has 1 saturated heterocycles. The second-order valence-corrected chi connectivity index (χ2v) is 6.83. The second kappa shape index (κ2) is 10.4. The third kappa shape index (κ3) is 4.93. The maximum absolute atomic E-state index is 13.2. The van der Waals surface area contributed by atoms with Crippen molar-refractivity contribution in [1.82, 2.24) is 9.88 Å². The number of rotatable bonds is 8. The van der Waals surface area contributed by atoms with Crippen LogP contribution >= 0.6 is 0 Å². The van der Waals surface area contributed by atoms with E-state index in [0.717, 1.165) is 0 Å². The van der Waals surface area contributed by atoms with Crippen molar-refractivity contribution >= 4 is 12.2 Å². The molecule has 1 aromatic heterocycles. The Bertz CT molecular complexity index is 941. The number of carbonyl (C=O) groups excluding carboxylic acids is 2. The van der Waals surface area contributed by atoms with Crippen molar-refractivity contribution in [2.45, 2.75) is 25.3 Å². The first-order chi connectivity index (χ1) is 14.7. The van der Waals surface area contributed by atoms with E-state index in [0.29, 0.717) is 62.3 Å². The van der Waals surface area contributed by atoms with Gasteiger partial charge in [-0.3, -0.25) is 14.6 Å². The first-order valence-electron chi connectivity index (χ1n) is 9.75. The highest BCUT2D eigenvalue weighted by molar-refractivity contribution is 5.95. The van der Waals surface area contributed by atoms with Gasteiger partial charge < -0.3 is 19.5 Å². The zero-order valence-corrected chi connectivity index (χ0v) is 16.5. The average molecular weight is 409 g/mol. The van der Waals surface area contributed by atoms with Crippen molar-refractivity contribution in [2.75, 3.05) is 26.4 Å². The standard InChI is InChI=1S/C22H23N3O5/c23-9-2-5-19-17(4-3-10-24-19)22(28)25-11-13-29-15-16(25)8-12-30-21-7-1-6-20(27)18(21)14-26/h1,3-4,6-7,10,14,16,27H,2,5,8,11-13,15H2/t16-/m1/s1. The highest BCUT2D eigenvalue weighted by Gasteiger charge is 2.29. The number of pyridine rings is 1. The average Bonchev–Trinajstić information content (AvgIpc) is 2.78. The monoisotopic (exact) mass is 409 g/mol. The molecule has 2 heterocycles. The third-order valence-corrected chi connectivity index (χ3v) is 4.95. The molecule has 156 valence electrons. The number of carbonyl (C=O) groups is 2. The fraction of sp³-hybridized carbons (Fsp3) is 0.364. The number of nitriles is 1. The van der Waals surface area contributed by atoms with Gasteiger partial charge in [0.05, 0.1) is 48.8 Å². The number of hydrogen-bond acceptors (Lipinski definition) is 7. The van der Waals surface area contributed by atoms with Crippen LogP contribution in [0.1, 0.15) is 39.3 Å². The summed E-state index contributed by atoms with van der Waals surface area (Å²) in [5.41, 5.74) is 1.21. The second-order valence-electron chi connectivity index (χ2n) is 6.83. The zero-order valence-electron chi connectivity index (χ0n) is 16.5. The lowest BCUT2D eigenvalue weighted by Gasteiger charge is -2.36. The van der Waals surface area contributed by atoms with Crippen LogP contribution in [0.4, 0.5) is 0 Å². The normalized spacial score (nSPS) is 16.0. The molecule has 0 unspecified atom stereocenters. The summed E-state index contributed by atoms with van der Waals surface area (Å²) in [6.45, 7) is 1.51. The SMILES string of the molecule is N#CCCc1ncccc1C(=O)N1CCOC[C@H]1CCOc1cccc(O)c1C=O. The Morgan fingerprint density at radius 2 is 2.27 bits per heavy atom. The van der Waals surface area contributed by atoms with Gasteiger partial charge in [-0.1, -0.05) is 6.07 Å². The quantitative estimate of drug-likeness (QED) is 0.666. The smallest absolute Gasteiger partial charge is 0.256 e. The summed E-state index contributed by atoms with van der Waals surface area (Å²) in [7, 11) is 0. The molecular weight excluding hydrogens is 386 g/mol. The lowest BCUT2D eigenvalue weighted by atomic mass is 10.1. The van der Waals surface area contributed by atoms with Gasteiger partial charge in [0.25, 0.3) is 5.91 Å². The van der Waals surface area contributed by atoms with E-state index in [1.54, 1.807) is 35.4 Å². The van der Waals surface area contributed by atoms with Gasteiger partial charge in [0, 0.05) is 32.0 Å². The number of nitrogens with zero attached hydrogens (tertiary/aromatic N) is 3. The zero-order chi connectivity index (χ0) is 21.3. The Hall–Kier alpha value is -3.44. The molecule has 1 amide bonds. The first-order valence-corrected chi connectivity index (χ1v) is 9.75. The number of benzene rings is 1. The van der Waals surface area contributed by atoms with Crippen LogP contribution in [0.2, 0.25) is 0 Å². The van der Waals surface area contributed by atoms with E-state index in [4.69, 9.17) is 14.7 Å². The largest absolute Gasteiger partial charge is 0.507 e. The molecule has 1 aliphatic heterocycles. The Kier molecular flexibility index (Phi) is 7.35. The van der Waals surface area contributed by atoms with Gasteiger partial charge >= 0.3 is 0 Å². The summed E-state index contributed by atoms with van der Waals surface area (Å²) in [6.07, 6.45) is 3.38. The number of aldehydes is 1. The number of aromatic hydroxyl groups is 1. The molecule has 0 bridgehead atoms. The third-order valence-electron chi connectivity index (χ3n) is 4.95. The van der Waals surface area contributed by atoms with E-state index in [2.05, 4.69) is 11.1 Å². The van der Waals surface area contributed by atoms with Gasteiger partial charge in [0.2, 0.25) is 0 Å². The molecule has 0 spiro atoms. The lowest BCUT2D eigenvalue weighted by molar-refractivity contribution is -0.00751. The molecule has 1 fully saturated rings. The summed E-state index contributed by atoms with van der Waals surface area (Å²) < 4.78 is 11.2. The molecule has 1 atom stereocenters. The number of phenols is 1. The molecule has 0 aliphatic carbocycles. The highest BCUT2D eigenvalue weighted by atomic mass is 16.5. The number of aryl methyl sites for hydroxylation is 1. The fourth-order valence-corrected chi connectivity index (χ4v) is 3.40. The van der Waals surface area contributed by atoms with Gasteiger partial charge in [-0.25, -0.2) is 0 Å². The minimum atomic E-state index is -0.202. The molecular formula is C22H23N3O5. The van der Waals surface area contributed by atoms with E-state index in [-0.39, 0.29) is 29.9 Å². The summed E-state index contributed by atoms with van der Waals surface area (Å²) >= 11 is 0. The number of aromatic nitrogens is 1. The van der Waals surface area contributed by atoms with Crippen LogP contribution in [-0.2, 0) is 11.2 Å². The van der Waals surface area contributed by atoms with E-state index < -0.39 is 0 Å². The fourth-order valence-electron chi connectivity index (χ4n) is 3.40. The molecule has 8 nitrogen and oxygen atoms in total. The van der Waals surface area contributed by atoms with Crippen LogP contribution in [0.25, 0.3) is 0 Å². The van der Waals surface area contributed by atoms with Crippen molar-refractivity contribution in [3.63, 3.8) is 0 Å². The molecule has 2 aromatic rings. The topological polar surface area (TPSA) is 113 Å². The van der Waals surface area contributed by atoms with E-state index >= 15 is 0 Å². The van der Waals surface area contributed by atoms with Crippen LogP contribution in [-0.4, -0.2) is 59.6 Å². The van der Waals surface area contributed by atoms with Crippen molar-refractivity contribution in [1.29, 1.82) is 5.26 Å². The van der Waals surface area contributed by atoms with Gasteiger partial charge in [0.15, 0.2) is 6.29 Å². The van der Waals surface area contributed by atoms with Crippen LogP contribution in [0.3, 0.4) is 0 Å². The number of hydrogen-bond donors (Lipinski definition) is 1. The van der Waals surface area contributed by atoms with Crippen molar-refractivity contribution in [2.24, 2.45) is 0 Å². The Balaban J connectivity index is 1.69. The van der Waals surface area contributed by atoms with Crippen LogP contribution in [0.5, 0.6) is 11.5 Å². The van der Waals surface area contributed by atoms with Crippen LogP contribution < -0.4 is 4.74 Å². The predicted molar refractivity (Wildman–Crippen MR) is 107 cm³/mol.